The second-order valence-electron chi connectivity index (χ2n) is 3.37. The fraction of sp³-hybridized carbons (Fsp3) is 0.556. The Bertz CT molecular complexity index is 401. The fourth-order valence-electron chi connectivity index (χ4n) is 1.04. The molecule has 0 radical (unpaired) electrons. The van der Waals surface area contributed by atoms with Gasteiger partial charge in [0.15, 0.2) is 14.2 Å². The van der Waals surface area contributed by atoms with Gasteiger partial charge in [0, 0.05) is 0 Å². The zero-order chi connectivity index (χ0) is 15.6. The summed E-state index contributed by atoms with van der Waals surface area (Å²) in [6, 6.07) is 0. The molecule has 0 saturated heterocycles. The summed E-state index contributed by atoms with van der Waals surface area (Å²) in [7, 11) is 0. The van der Waals surface area contributed by atoms with Crippen molar-refractivity contribution in [2.45, 2.75) is 27.4 Å². The molecule has 0 amide bonds. The summed E-state index contributed by atoms with van der Waals surface area (Å²) in [5.41, 5.74) is -1.24. The van der Waals surface area contributed by atoms with Gasteiger partial charge in [-0.1, -0.05) is 64.9 Å². The Kier molecular flexibility index (Phi) is 7.07. The summed E-state index contributed by atoms with van der Waals surface area (Å²) in [6.45, 7) is 1.62. The number of halogens is 6. The van der Waals surface area contributed by atoms with Crippen molar-refractivity contribution < 1.29 is 19.8 Å². The van der Waals surface area contributed by atoms with Gasteiger partial charge in [-0.15, -0.1) is 11.6 Å². The molecule has 0 aliphatic heterocycles. The minimum atomic E-state index is -2.41. The van der Waals surface area contributed by atoms with Crippen LogP contribution in [0.25, 0.3) is 0 Å². The molecule has 1 atom stereocenters. The molecule has 2 N–H and O–H groups in total. The van der Waals surface area contributed by atoms with E-state index in [-0.39, 0.29) is 6.42 Å². The summed E-state index contributed by atoms with van der Waals surface area (Å²) in [4.78, 5) is 21.7. The molecular weight excluding hydrogens is 385 g/mol. The van der Waals surface area contributed by atoms with Crippen LogP contribution < -0.4 is 0 Å². The molecule has 110 valence electrons. The minimum Gasteiger partial charge on any atom is -0.477 e. The van der Waals surface area contributed by atoms with Crippen LogP contribution in [0, 0.1) is 0 Å². The Morgan fingerprint density at radius 3 is 1.74 bits per heavy atom. The number of aliphatic carboxylic acids is 2. The van der Waals surface area contributed by atoms with Gasteiger partial charge in [0.2, 0.25) is 0 Å². The van der Waals surface area contributed by atoms with Crippen molar-refractivity contribution in [1.29, 1.82) is 0 Å². The maximum absolute atomic E-state index is 10.8. The van der Waals surface area contributed by atoms with E-state index in [1.54, 1.807) is 6.92 Å². The van der Waals surface area contributed by atoms with E-state index in [0.717, 1.165) is 0 Å². The molecule has 19 heavy (non-hydrogen) atoms. The number of rotatable bonds is 6. The molecule has 0 aromatic carbocycles. The largest absolute Gasteiger partial charge is 0.477 e. The summed E-state index contributed by atoms with van der Waals surface area (Å²) < 4.78 is -4.51. The second-order valence-corrected chi connectivity index (χ2v) is 6.99. The Morgan fingerprint density at radius 2 is 1.47 bits per heavy atom. The standard InChI is InChI=1S/C9H8Cl6O4/c1-2-3(10)8(12,13)9(14,15)5(11)4(6(16)17)7(18)19/h3H,2H2,1H3,(H,16,17)(H,18,19). The molecule has 0 fully saturated rings. The van der Waals surface area contributed by atoms with Crippen LogP contribution >= 0.6 is 69.6 Å². The van der Waals surface area contributed by atoms with Crippen LogP contribution in [0.5, 0.6) is 0 Å². The first-order valence-corrected chi connectivity index (χ1v) is 7.00. The van der Waals surface area contributed by atoms with Gasteiger partial charge in [0.25, 0.3) is 0 Å². The van der Waals surface area contributed by atoms with Crippen molar-refractivity contribution >= 4 is 81.5 Å². The van der Waals surface area contributed by atoms with E-state index in [9.17, 15) is 9.59 Å². The van der Waals surface area contributed by atoms with Crippen LogP contribution in [0.1, 0.15) is 13.3 Å². The van der Waals surface area contributed by atoms with E-state index in [2.05, 4.69) is 0 Å². The van der Waals surface area contributed by atoms with Crippen LogP contribution in [-0.2, 0) is 9.59 Å². The predicted octanol–water partition coefficient (Wildman–Crippen LogP) is 4.01. The van der Waals surface area contributed by atoms with E-state index in [1.807, 2.05) is 0 Å². The highest BCUT2D eigenvalue weighted by molar-refractivity contribution is 6.68. The molecule has 0 aromatic rings. The first kappa shape index (κ1) is 19.4. The average molecular weight is 393 g/mol. The quantitative estimate of drug-likeness (QED) is 0.310. The fourth-order valence-corrected chi connectivity index (χ4v) is 2.67. The monoisotopic (exact) mass is 390 g/mol. The second kappa shape index (κ2) is 6.92. The highest BCUT2D eigenvalue weighted by Crippen LogP contribution is 2.53. The third-order valence-corrected chi connectivity index (χ3v) is 6.07. The van der Waals surface area contributed by atoms with Crippen LogP contribution in [0.4, 0.5) is 0 Å². The third kappa shape index (κ3) is 3.96. The summed E-state index contributed by atoms with van der Waals surface area (Å²) in [5.74, 6) is -3.68. The van der Waals surface area contributed by atoms with Crippen molar-refractivity contribution in [3.63, 3.8) is 0 Å². The minimum absolute atomic E-state index is 0.232. The Labute approximate surface area is 139 Å². The lowest BCUT2D eigenvalue weighted by Gasteiger charge is -2.35. The van der Waals surface area contributed by atoms with Crippen molar-refractivity contribution in [3.8, 4) is 0 Å². The van der Waals surface area contributed by atoms with Gasteiger partial charge >= 0.3 is 11.9 Å². The van der Waals surface area contributed by atoms with Gasteiger partial charge in [0.1, 0.15) is 0 Å². The SMILES string of the molecule is CCC(Cl)C(Cl)(Cl)C(Cl)(Cl)C(Cl)=C(C(=O)O)C(=O)O. The van der Waals surface area contributed by atoms with Crippen molar-refractivity contribution in [2.75, 3.05) is 0 Å². The first-order chi connectivity index (χ1) is 8.41. The number of carboxylic acid groups (broad SMARTS) is 2. The lowest BCUT2D eigenvalue weighted by molar-refractivity contribution is -0.140. The number of carbonyl (C=O) groups is 2. The van der Waals surface area contributed by atoms with Crippen molar-refractivity contribution in [1.82, 2.24) is 0 Å². The normalized spacial score (nSPS) is 13.8. The third-order valence-electron chi connectivity index (χ3n) is 2.09. The number of carboxylic acids is 2. The molecular formula is C9H8Cl6O4. The predicted molar refractivity (Wildman–Crippen MR) is 77.0 cm³/mol. The van der Waals surface area contributed by atoms with Gasteiger partial charge < -0.3 is 10.2 Å². The lowest BCUT2D eigenvalue weighted by Crippen LogP contribution is -2.45. The Hall–Kier alpha value is 0.420. The molecule has 1 unspecified atom stereocenters. The molecule has 0 aliphatic carbocycles. The molecule has 0 aromatic heterocycles. The molecule has 0 aliphatic rings. The van der Waals surface area contributed by atoms with E-state index in [0.29, 0.717) is 0 Å². The van der Waals surface area contributed by atoms with Gasteiger partial charge in [-0.3, -0.25) is 0 Å². The Morgan fingerprint density at radius 1 is 1.11 bits per heavy atom. The van der Waals surface area contributed by atoms with Crippen LogP contribution in [0.3, 0.4) is 0 Å². The number of hydrogen-bond donors (Lipinski definition) is 2. The van der Waals surface area contributed by atoms with E-state index >= 15 is 0 Å². The van der Waals surface area contributed by atoms with Crippen molar-refractivity contribution in [2.24, 2.45) is 0 Å². The molecule has 0 heterocycles. The lowest BCUT2D eigenvalue weighted by atomic mass is 10.1. The molecule has 4 nitrogen and oxygen atoms in total. The summed E-state index contributed by atoms with van der Waals surface area (Å²) >= 11 is 34.9. The number of alkyl halides is 5. The highest BCUT2D eigenvalue weighted by atomic mass is 35.5. The molecule has 10 heteroatoms. The molecule has 0 bridgehead atoms. The maximum atomic E-state index is 10.8. The van der Waals surface area contributed by atoms with Crippen LogP contribution in [-0.4, -0.2) is 36.2 Å². The Balaban J connectivity index is 5.96. The summed E-state index contributed by atoms with van der Waals surface area (Å²) in [6.07, 6.45) is 0.232. The van der Waals surface area contributed by atoms with Crippen LogP contribution in [0.15, 0.2) is 10.6 Å². The van der Waals surface area contributed by atoms with E-state index in [4.69, 9.17) is 79.8 Å². The van der Waals surface area contributed by atoms with E-state index in [1.165, 1.54) is 0 Å². The zero-order valence-electron chi connectivity index (χ0n) is 9.26. The van der Waals surface area contributed by atoms with Gasteiger partial charge in [0.05, 0.1) is 10.4 Å². The van der Waals surface area contributed by atoms with Gasteiger partial charge in [-0.2, -0.15) is 0 Å². The van der Waals surface area contributed by atoms with E-state index < -0.39 is 36.6 Å². The average Bonchev–Trinajstić information content (AvgIpc) is 2.26. The number of hydrogen-bond acceptors (Lipinski definition) is 2. The summed E-state index contributed by atoms with van der Waals surface area (Å²) in [5, 5.41) is 15.6. The highest BCUT2D eigenvalue weighted by Gasteiger charge is 2.55. The van der Waals surface area contributed by atoms with Gasteiger partial charge in [-0.25, -0.2) is 9.59 Å². The van der Waals surface area contributed by atoms with Gasteiger partial charge in [-0.05, 0) is 6.42 Å². The molecule has 0 spiro atoms. The first-order valence-electron chi connectivity index (χ1n) is 4.67. The molecule has 0 saturated carbocycles. The zero-order valence-corrected chi connectivity index (χ0v) is 13.8. The van der Waals surface area contributed by atoms with Crippen molar-refractivity contribution in [3.05, 3.63) is 10.6 Å². The smallest absolute Gasteiger partial charge is 0.344 e. The topological polar surface area (TPSA) is 74.6 Å². The van der Waals surface area contributed by atoms with Crippen LogP contribution in [0.2, 0.25) is 0 Å². The maximum Gasteiger partial charge on any atom is 0.344 e. The molecule has 0 rings (SSSR count). The number of allylic oxidation sites excluding steroid dienone is 1.